The van der Waals surface area contributed by atoms with Crippen LogP contribution in [0, 0.1) is 5.92 Å². The predicted octanol–water partition coefficient (Wildman–Crippen LogP) is 2.73. The predicted molar refractivity (Wildman–Crippen MR) is 79.8 cm³/mol. The van der Waals surface area contributed by atoms with Crippen LogP contribution in [-0.4, -0.2) is 26.2 Å². The van der Waals surface area contributed by atoms with Gasteiger partial charge in [-0.1, -0.05) is 42.5 Å². The zero-order valence-corrected chi connectivity index (χ0v) is 12.2. The van der Waals surface area contributed by atoms with E-state index in [2.05, 4.69) is 4.74 Å². The van der Waals surface area contributed by atoms with Crippen molar-refractivity contribution in [1.82, 2.24) is 0 Å². The van der Waals surface area contributed by atoms with Crippen molar-refractivity contribution in [2.75, 3.05) is 14.2 Å². The number of esters is 2. The summed E-state index contributed by atoms with van der Waals surface area (Å²) in [6, 6.07) is 14.0. The van der Waals surface area contributed by atoms with Crippen LogP contribution < -0.4 is 0 Å². The van der Waals surface area contributed by atoms with Crippen LogP contribution in [0.5, 0.6) is 0 Å². The van der Waals surface area contributed by atoms with Crippen LogP contribution in [0.15, 0.2) is 42.5 Å². The Morgan fingerprint density at radius 3 is 2.38 bits per heavy atom. The zero-order chi connectivity index (χ0) is 15.2. The van der Waals surface area contributed by atoms with Gasteiger partial charge >= 0.3 is 11.9 Å². The Kier molecular flexibility index (Phi) is 4.93. The average Bonchev–Trinajstić information content (AvgIpc) is 2.53. The molecule has 0 saturated heterocycles. The third kappa shape index (κ3) is 3.81. The van der Waals surface area contributed by atoms with Gasteiger partial charge in [-0.15, -0.1) is 0 Å². The number of fused-ring (bicyclic) bond motifs is 1. The minimum absolute atomic E-state index is 0.0238. The van der Waals surface area contributed by atoms with Crippen molar-refractivity contribution in [2.45, 2.75) is 12.8 Å². The molecule has 0 radical (unpaired) electrons. The van der Waals surface area contributed by atoms with E-state index in [-0.39, 0.29) is 6.42 Å². The minimum atomic E-state index is -0.524. The van der Waals surface area contributed by atoms with Gasteiger partial charge in [0.05, 0.1) is 26.6 Å². The molecule has 0 bridgehead atoms. The van der Waals surface area contributed by atoms with Gasteiger partial charge in [-0.05, 0) is 22.8 Å². The quantitative estimate of drug-likeness (QED) is 0.793. The highest BCUT2D eigenvalue weighted by atomic mass is 16.5. The molecule has 0 heterocycles. The van der Waals surface area contributed by atoms with E-state index in [9.17, 15) is 9.59 Å². The first-order valence-corrected chi connectivity index (χ1v) is 6.76. The van der Waals surface area contributed by atoms with Gasteiger partial charge in [0.1, 0.15) is 0 Å². The van der Waals surface area contributed by atoms with Crippen LogP contribution >= 0.6 is 0 Å². The van der Waals surface area contributed by atoms with Crippen LogP contribution in [0.2, 0.25) is 0 Å². The Morgan fingerprint density at radius 1 is 1.00 bits per heavy atom. The molecule has 0 N–H and O–H groups in total. The van der Waals surface area contributed by atoms with Crippen LogP contribution in [0.1, 0.15) is 12.0 Å². The molecule has 1 atom stereocenters. The lowest BCUT2D eigenvalue weighted by atomic mass is 9.94. The molecule has 0 aliphatic carbocycles. The summed E-state index contributed by atoms with van der Waals surface area (Å²) < 4.78 is 9.41. The molecule has 4 nitrogen and oxygen atoms in total. The number of hydrogen-bond donors (Lipinski definition) is 0. The number of hydrogen-bond acceptors (Lipinski definition) is 4. The summed E-state index contributed by atoms with van der Waals surface area (Å²) in [7, 11) is 2.64. The summed E-state index contributed by atoms with van der Waals surface area (Å²) in [6.07, 6.45) is 0.475. The molecule has 2 aromatic carbocycles. The summed E-state index contributed by atoms with van der Waals surface area (Å²) in [4.78, 5) is 23.2. The maximum Gasteiger partial charge on any atom is 0.309 e. The molecule has 0 aliphatic heterocycles. The fourth-order valence-corrected chi connectivity index (χ4v) is 2.34. The number of ether oxygens (including phenoxy) is 2. The molecule has 21 heavy (non-hydrogen) atoms. The van der Waals surface area contributed by atoms with Crippen molar-refractivity contribution < 1.29 is 19.1 Å². The fraction of sp³-hybridized carbons (Fsp3) is 0.294. The first-order chi connectivity index (χ1) is 10.1. The van der Waals surface area contributed by atoms with E-state index < -0.39 is 17.9 Å². The molecular formula is C17H18O4. The molecule has 2 aromatic rings. The third-order valence-electron chi connectivity index (χ3n) is 3.47. The van der Waals surface area contributed by atoms with Crippen molar-refractivity contribution in [3.8, 4) is 0 Å². The number of rotatable bonds is 5. The van der Waals surface area contributed by atoms with E-state index in [4.69, 9.17) is 4.74 Å². The Balaban J connectivity index is 2.20. The molecule has 110 valence electrons. The van der Waals surface area contributed by atoms with E-state index in [1.54, 1.807) is 0 Å². The number of benzene rings is 2. The number of carbonyl (C=O) groups is 2. The summed E-state index contributed by atoms with van der Waals surface area (Å²) in [5.74, 6) is -1.33. The van der Waals surface area contributed by atoms with E-state index in [0.717, 1.165) is 16.3 Å². The molecular weight excluding hydrogens is 268 g/mol. The Bertz CT molecular complexity index is 648. The topological polar surface area (TPSA) is 52.6 Å². The highest BCUT2D eigenvalue weighted by molar-refractivity contribution is 5.84. The van der Waals surface area contributed by atoms with Crippen molar-refractivity contribution in [3.05, 3.63) is 48.0 Å². The second-order valence-corrected chi connectivity index (χ2v) is 4.89. The van der Waals surface area contributed by atoms with E-state index in [1.807, 2.05) is 42.5 Å². The first kappa shape index (κ1) is 15.0. The highest BCUT2D eigenvalue weighted by Gasteiger charge is 2.23. The maximum absolute atomic E-state index is 11.8. The number of carbonyl (C=O) groups excluding carboxylic acids is 2. The Hall–Kier alpha value is -2.36. The van der Waals surface area contributed by atoms with Gasteiger partial charge in [-0.25, -0.2) is 0 Å². The van der Waals surface area contributed by atoms with Crippen LogP contribution in [0.4, 0.5) is 0 Å². The van der Waals surface area contributed by atoms with Crippen LogP contribution in [0.25, 0.3) is 10.8 Å². The normalized spacial score (nSPS) is 11.9. The highest BCUT2D eigenvalue weighted by Crippen LogP contribution is 2.20. The van der Waals surface area contributed by atoms with Gasteiger partial charge in [0.2, 0.25) is 0 Å². The minimum Gasteiger partial charge on any atom is -0.469 e. The summed E-state index contributed by atoms with van der Waals surface area (Å²) in [5, 5.41) is 2.25. The van der Waals surface area contributed by atoms with Crippen molar-refractivity contribution in [3.63, 3.8) is 0 Å². The molecule has 0 saturated carbocycles. The monoisotopic (exact) mass is 286 g/mol. The average molecular weight is 286 g/mol. The maximum atomic E-state index is 11.8. The SMILES string of the molecule is COC(=O)C[C@@H](Cc1ccc2ccccc2c1)C(=O)OC. The van der Waals surface area contributed by atoms with Crippen molar-refractivity contribution in [1.29, 1.82) is 0 Å². The summed E-state index contributed by atoms with van der Waals surface area (Å²) in [6.45, 7) is 0. The standard InChI is InChI=1S/C17H18O4/c1-20-16(18)11-15(17(19)21-2)10-12-7-8-13-5-3-4-6-14(13)9-12/h3-9,15H,10-11H2,1-2H3/t15-/m1/s1. The third-order valence-corrected chi connectivity index (χ3v) is 3.47. The molecule has 0 aromatic heterocycles. The van der Waals surface area contributed by atoms with Gasteiger partial charge in [-0.3, -0.25) is 9.59 Å². The van der Waals surface area contributed by atoms with Gasteiger partial charge in [0.25, 0.3) is 0 Å². The van der Waals surface area contributed by atoms with Gasteiger partial charge in [0.15, 0.2) is 0 Å². The first-order valence-electron chi connectivity index (χ1n) is 6.76. The fourth-order valence-electron chi connectivity index (χ4n) is 2.34. The lowest BCUT2D eigenvalue weighted by Gasteiger charge is -2.14. The summed E-state index contributed by atoms with van der Waals surface area (Å²) >= 11 is 0. The second-order valence-electron chi connectivity index (χ2n) is 4.89. The largest absolute Gasteiger partial charge is 0.469 e. The van der Waals surface area contributed by atoms with Gasteiger partial charge in [0, 0.05) is 0 Å². The molecule has 0 aliphatic rings. The molecule has 0 unspecified atom stereocenters. The lowest BCUT2D eigenvalue weighted by Crippen LogP contribution is -2.22. The van der Waals surface area contributed by atoms with E-state index >= 15 is 0 Å². The van der Waals surface area contributed by atoms with Gasteiger partial charge < -0.3 is 9.47 Å². The Labute approximate surface area is 123 Å². The molecule has 2 rings (SSSR count). The molecule has 0 fully saturated rings. The van der Waals surface area contributed by atoms with Gasteiger partial charge in [-0.2, -0.15) is 0 Å². The smallest absolute Gasteiger partial charge is 0.309 e. The Morgan fingerprint density at radius 2 is 1.71 bits per heavy atom. The second kappa shape index (κ2) is 6.88. The molecule has 0 spiro atoms. The van der Waals surface area contributed by atoms with Crippen molar-refractivity contribution >= 4 is 22.7 Å². The van der Waals surface area contributed by atoms with E-state index in [1.165, 1.54) is 14.2 Å². The van der Waals surface area contributed by atoms with Crippen LogP contribution in [0.3, 0.4) is 0 Å². The van der Waals surface area contributed by atoms with E-state index in [0.29, 0.717) is 6.42 Å². The zero-order valence-electron chi connectivity index (χ0n) is 12.2. The molecule has 0 amide bonds. The van der Waals surface area contributed by atoms with Crippen molar-refractivity contribution in [2.24, 2.45) is 5.92 Å². The number of methoxy groups -OCH3 is 2. The summed E-state index contributed by atoms with van der Waals surface area (Å²) in [5.41, 5.74) is 0.994. The van der Waals surface area contributed by atoms with Crippen LogP contribution in [-0.2, 0) is 25.5 Å². The lowest BCUT2D eigenvalue weighted by molar-refractivity contribution is -0.151. The molecule has 4 heteroatoms.